The van der Waals surface area contributed by atoms with E-state index in [1.807, 2.05) is 0 Å². The number of esters is 1. The smallest absolute Gasteiger partial charge is 0.452 e. The number of fused-ring (bicyclic) bond motifs is 3. The summed E-state index contributed by atoms with van der Waals surface area (Å²) in [6.45, 7) is -0.0465. The molecular weight excluding hydrogens is 609 g/mol. The van der Waals surface area contributed by atoms with Gasteiger partial charge >= 0.3 is 12.1 Å². The topological polar surface area (TPSA) is 125 Å². The number of piperidine rings is 1. The number of alkyl halides is 3. The van der Waals surface area contributed by atoms with E-state index in [9.17, 15) is 22.8 Å². The molecule has 11 nitrogen and oxygen atoms in total. The van der Waals surface area contributed by atoms with Gasteiger partial charge in [-0.1, -0.05) is 23.7 Å². The first-order chi connectivity index (χ1) is 21.0. The number of halogens is 4. The molecule has 1 amide bonds. The van der Waals surface area contributed by atoms with Crippen LogP contribution in [0.3, 0.4) is 0 Å². The Bertz CT molecular complexity index is 1530. The number of hydrogen-bond acceptors (Lipinski definition) is 9. The highest BCUT2D eigenvalue weighted by atomic mass is 35.5. The van der Waals surface area contributed by atoms with Gasteiger partial charge in [-0.15, -0.1) is 10.2 Å². The number of likely N-dealkylation sites (tertiary alicyclic amines) is 1. The maximum atomic E-state index is 14.3. The molecule has 0 saturated carbocycles. The molecule has 15 heteroatoms. The highest BCUT2D eigenvalue weighted by Crippen LogP contribution is 2.47. The Hall–Kier alpha value is -3.88. The number of aliphatic hydroxyl groups is 1. The minimum atomic E-state index is -4.87. The highest BCUT2D eigenvalue weighted by Gasteiger charge is 2.44. The van der Waals surface area contributed by atoms with Crippen molar-refractivity contribution in [2.24, 2.45) is 5.92 Å². The van der Waals surface area contributed by atoms with Crippen molar-refractivity contribution in [1.29, 1.82) is 0 Å². The molecule has 236 valence electrons. The second-order valence-electron chi connectivity index (χ2n) is 10.4. The predicted molar refractivity (Wildman–Crippen MR) is 148 cm³/mol. The molecule has 0 aliphatic carbocycles. The van der Waals surface area contributed by atoms with Crippen LogP contribution in [0.1, 0.15) is 60.7 Å². The van der Waals surface area contributed by atoms with Gasteiger partial charge in [0.1, 0.15) is 12.2 Å². The van der Waals surface area contributed by atoms with Gasteiger partial charge in [-0.05, 0) is 43.0 Å². The van der Waals surface area contributed by atoms with Gasteiger partial charge in [0.25, 0.3) is 0 Å². The van der Waals surface area contributed by atoms with E-state index in [2.05, 4.69) is 14.9 Å². The molecule has 1 aromatic heterocycles. The number of hydrogen-bond donors (Lipinski definition) is 1. The number of carbonyl (C=O) groups excluding carboxylic acids is 2. The first-order valence-electron chi connectivity index (χ1n) is 13.8. The SMILES string of the molecule is COc1cccc([C@@H]2O[C@@H](CC(=O)N3CCC(CC(=O)OCO)CC3)c3nnc(C(F)(F)F)n3-c3ccc(Cl)cc32)c1OC. The second-order valence-corrected chi connectivity index (χ2v) is 10.8. The van der Waals surface area contributed by atoms with E-state index in [0.717, 1.165) is 4.57 Å². The van der Waals surface area contributed by atoms with Crippen molar-refractivity contribution < 1.29 is 46.8 Å². The standard InChI is InChI=1S/C29H30ClF3N4O7/c1-41-21-5-3-4-18(26(21)42-2)25-19-13-17(30)6-7-20(19)37-27(34-35-28(37)29(31,32)33)22(44-25)14-23(39)36-10-8-16(9-11-36)12-24(40)43-15-38/h3-7,13,16,22,25,38H,8-12,14-15H2,1-2H3/t22-,25-/m0/s1. The number of ether oxygens (including phenoxy) is 4. The van der Waals surface area contributed by atoms with Crippen molar-refractivity contribution in [3.63, 3.8) is 0 Å². The Balaban J connectivity index is 1.53. The van der Waals surface area contributed by atoms with Crippen LogP contribution >= 0.6 is 11.6 Å². The number of aromatic nitrogens is 3. The molecule has 0 unspecified atom stereocenters. The molecule has 0 radical (unpaired) electrons. The third-order valence-electron chi connectivity index (χ3n) is 7.77. The number of rotatable bonds is 8. The number of benzene rings is 2. The van der Waals surface area contributed by atoms with E-state index >= 15 is 0 Å². The summed E-state index contributed by atoms with van der Waals surface area (Å²) >= 11 is 6.35. The second kappa shape index (κ2) is 13.0. The summed E-state index contributed by atoms with van der Waals surface area (Å²) in [6, 6.07) is 9.44. The quantitative estimate of drug-likeness (QED) is 0.278. The molecule has 5 rings (SSSR count). The molecule has 44 heavy (non-hydrogen) atoms. The Morgan fingerprint density at radius 2 is 1.82 bits per heavy atom. The van der Waals surface area contributed by atoms with Crippen LogP contribution in [0.4, 0.5) is 13.2 Å². The maximum Gasteiger partial charge on any atom is 0.452 e. The Morgan fingerprint density at radius 3 is 2.48 bits per heavy atom. The molecule has 1 fully saturated rings. The first-order valence-corrected chi connectivity index (χ1v) is 14.2. The number of aliphatic hydroxyl groups excluding tert-OH is 1. The van der Waals surface area contributed by atoms with E-state index in [4.69, 9.17) is 30.9 Å². The summed E-state index contributed by atoms with van der Waals surface area (Å²) < 4.78 is 65.9. The minimum absolute atomic E-state index is 0.0335. The van der Waals surface area contributed by atoms with Crippen molar-refractivity contribution in [3.8, 4) is 17.2 Å². The summed E-state index contributed by atoms with van der Waals surface area (Å²) in [7, 11) is 2.89. The van der Waals surface area contributed by atoms with Crippen LogP contribution in [0.5, 0.6) is 11.5 Å². The van der Waals surface area contributed by atoms with Crippen LogP contribution in [-0.2, 0) is 25.2 Å². The van der Waals surface area contributed by atoms with E-state index in [1.165, 1.54) is 32.4 Å². The van der Waals surface area contributed by atoms with Crippen LogP contribution in [-0.4, -0.2) is 70.7 Å². The fraction of sp³-hybridized carbons (Fsp3) is 0.448. The van der Waals surface area contributed by atoms with Crippen LogP contribution in [0, 0.1) is 5.92 Å². The van der Waals surface area contributed by atoms with Gasteiger partial charge < -0.3 is 29.0 Å². The molecular formula is C29H30ClF3N4O7. The zero-order valence-electron chi connectivity index (χ0n) is 23.8. The fourth-order valence-electron chi connectivity index (χ4n) is 5.70. The van der Waals surface area contributed by atoms with Gasteiger partial charge in [-0.25, -0.2) is 0 Å². The van der Waals surface area contributed by atoms with Crippen molar-refractivity contribution in [2.45, 2.75) is 44.1 Å². The van der Waals surface area contributed by atoms with Gasteiger partial charge in [0, 0.05) is 35.7 Å². The van der Waals surface area contributed by atoms with E-state index in [1.54, 1.807) is 23.1 Å². The van der Waals surface area contributed by atoms with E-state index < -0.39 is 37.0 Å². The predicted octanol–water partition coefficient (Wildman–Crippen LogP) is 4.63. The lowest BCUT2D eigenvalue weighted by Crippen LogP contribution is -2.39. The van der Waals surface area contributed by atoms with Crippen LogP contribution < -0.4 is 9.47 Å². The fourth-order valence-corrected chi connectivity index (χ4v) is 5.88. The van der Waals surface area contributed by atoms with Crippen molar-refractivity contribution in [1.82, 2.24) is 19.7 Å². The number of methoxy groups -OCH3 is 2. The number of para-hydroxylation sites is 1. The largest absolute Gasteiger partial charge is 0.493 e. The molecule has 3 heterocycles. The van der Waals surface area contributed by atoms with Crippen LogP contribution in [0.25, 0.3) is 5.69 Å². The Kier molecular flexibility index (Phi) is 9.32. The van der Waals surface area contributed by atoms with Gasteiger partial charge in [-0.3, -0.25) is 14.2 Å². The van der Waals surface area contributed by atoms with Gasteiger partial charge in [0.2, 0.25) is 11.7 Å². The van der Waals surface area contributed by atoms with Crippen LogP contribution in [0.15, 0.2) is 36.4 Å². The zero-order valence-corrected chi connectivity index (χ0v) is 24.6. The molecule has 2 atom stereocenters. The van der Waals surface area contributed by atoms with Crippen molar-refractivity contribution in [3.05, 3.63) is 64.2 Å². The van der Waals surface area contributed by atoms with Crippen LogP contribution in [0.2, 0.25) is 5.02 Å². The average molecular weight is 639 g/mol. The van der Waals surface area contributed by atoms with E-state index in [0.29, 0.717) is 43.0 Å². The number of nitrogens with zero attached hydrogens (tertiary/aromatic N) is 4. The summed E-state index contributed by atoms with van der Waals surface area (Å²) in [5.74, 6) is -1.72. The normalized spacial score (nSPS) is 18.7. The molecule has 1 saturated heterocycles. The minimum Gasteiger partial charge on any atom is -0.493 e. The lowest BCUT2D eigenvalue weighted by atomic mass is 9.93. The Morgan fingerprint density at radius 1 is 1.07 bits per heavy atom. The molecule has 2 aliphatic rings. The van der Waals surface area contributed by atoms with Crippen molar-refractivity contribution in [2.75, 3.05) is 34.1 Å². The molecule has 2 aliphatic heterocycles. The van der Waals surface area contributed by atoms with Gasteiger partial charge in [0.15, 0.2) is 24.1 Å². The lowest BCUT2D eigenvalue weighted by molar-refractivity contribution is -0.153. The zero-order chi connectivity index (χ0) is 31.6. The number of carbonyl (C=O) groups is 2. The van der Waals surface area contributed by atoms with E-state index in [-0.39, 0.29) is 46.8 Å². The van der Waals surface area contributed by atoms with Crippen molar-refractivity contribution >= 4 is 23.5 Å². The molecule has 0 bridgehead atoms. The molecule has 3 aromatic rings. The molecule has 2 aromatic carbocycles. The maximum absolute atomic E-state index is 14.3. The molecule has 0 spiro atoms. The summed E-state index contributed by atoms with van der Waals surface area (Å²) in [6.07, 6.45) is -6.36. The van der Waals surface area contributed by atoms with Gasteiger partial charge in [0.05, 0.1) is 26.3 Å². The summed E-state index contributed by atoms with van der Waals surface area (Å²) in [5, 5.41) is 16.4. The first kappa shape index (κ1) is 31.5. The third kappa shape index (κ3) is 6.33. The molecule has 1 N–H and O–H groups in total. The average Bonchev–Trinajstić information content (AvgIpc) is 3.40. The summed E-state index contributed by atoms with van der Waals surface area (Å²) in [4.78, 5) is 26.9. The highest BCUT2D eigenvalue weighted by molar-refractivity contribution is 6.30. The lowest BCUT2D eigenvalue weighted by Gasteiger charge is -2.32. The monoisotopic (exact) mass is 638 g/mol. The van der Waals surface area contributed by atoms with Gasteiger partial charge in [-0.2, -0.15) is 13.2 Å². The third-order valence-corrected chi connectivity index (χ3v) is 8.00. The number of amides is 1. The summed E-state index contributed by atoms with van der Waals surface area (Å²) in [5.41, 5.74) is 0.805. The Labute approximate surface area is 255 Å².